The molecule has 0 aromatic heterocycles. The van der Waals surface area contributed by atoms with Crippen LogP contribution in [0.25, 0.3) is 11.6 Å². The van der Waals surface area contributed by atoms with Crippen molar-refractivity contribution >= 4 is 23.3 Å². The molecule has 0 fully saturated rings. The first-order chi connectivity index (χ1) is 11.3. The Labute approximate surface area is 137 Å². The average molecular weight is 331 g/mol. The molecule has 124 valence electrons. The molecule has 1 N–H and O–H groups in total. The van der Waals surface area contributed by atoms with Crippen molar-refractivity contribution in [3.8, 4) is 5.75 Å². The van der Waals surface area contributed by atoms with E-state index in [1.54, 1.807) is 6.92 Å². The summed E-state index contributed by atoms with van der Waals surface area (Å²) in [6.45, 7) is 1.57. The smallest absolute Gasteiger partial charge is 0.336 e. The molecule has 2 aromatic rings. The number of nitrogens with zero attached hydrogens (tertiary/aromatic N) is 1. The van der Waals surface area contributed by atoms with Crippen LogP contribution < -0.4 is 4.74 Å². The van der Waals surface area contributed by atoms with Crippen molar-refractivity contribution in [2.24, 2.45) is 0 Å². The van der Waals surface area contributed by atoms with Crippen LogP contribution in [0.15, 0.2) is 36.4 Å². The zero-order valence-corrected chi connectivity index (χ0v) is 12.9. The number of ether oxygens (including phenoxy) is 1. The zero-order valence-electron chi connectivity index (χ0n) is 12.9. The molecule has 0 saturated heterocycles. The number of methoxy groups -OCH3 is 1. The topological polar surface area (TPSA) is 89.7 Å². The number of nitro groups is 1. The van der Waals surface area contributed by atoms with Crippen LogP contribution in [-0.2, 0) is 4.79 Å². The number of hydrogen-bond donors (Lipinski definition) is 1. The summed E-state index contributed by atoms with van der Waals surface area (Å²) >= 11 is 0. The highest BCUT2D eigenvalue weighted by Crippen LogP contribution is 2.29. The van der Waals surface area contributed by atoms with E-state index in [-0.39, 0.29) is 22.6 Å². The monoisotopic (exact) mass is 331 g/mol. The van der Waals surface area contributed by atoms with Crippen molar-refractivity contribution in [1.29, 1.82) is 0 Å². The average Bonchev–Trinajstić information content (AvgIpc) is 2.54. The van der Waals surface area contributed by atoms with Gasteiger partial charge in [0.2, 0.25) is 0 Å². The summed E-state index contributed by atoms with van der Waals surface area (Å²) in [5.41, 5.74) is 0.396. The molecule has 0 bridgehead atoms. The minimum atomic E-state index is -1.27. The number of carbonyl (C=O) groups is 1. The second kappa shape index (κ2) is 6.91. The number of rotatable bonds is 5. The molecule has 0 heterocycles. The van der Waals surface area contributed by atoms with Crippen molar-refractivity contribution in [2.45, 2.75) is 6.92 Å². The van der Waals surface area contributed by atoms with E-state index in [9.17, 15) is 24.4 Å². The van der Waals surface area contributed by atoms with Gasteiger partial charge in [0.15, 0.2) is 5.75 Å². The number of carboxylic acids is 1. The fourth-order valence-corrected chi connectivity index (χ4v) is 2.14. The molecule has 0 amide bonds. The Bertz CT molecular complexity index is 845. The molecule has 0 radical (unpaired) electrons. The summed E-state index contributed by atoms with van der Waals surface area (Å²) in [6, 6.07) is 8.13. The quantitative estimate of drug-likeness (QED) is 0.391. The minimum Gasteiger partial charge on any atom is -0.490 e. The molecule has 0 aliphatic rings. The highest BCUT2D eigenvalue weighted by molar-refractivity contribution is 6.20. The highest BCUT2D eigenvalue weighted by Gasteiger charge is 2.17. The SMILES string of the molecule is COc1ccc(/C=C(\C(=O)O)c2ccc(C)c(F)c2)cc1[N+](=O)[O-]. The van der Waals surface area contributed by atoms with Gasteiger partial charge in [-0.05, 0) is 41.8 Å². The van der Waals surface area contributed by atoms with E-state index in [1.807, 2.05) is 0 Å². The highest BCUT2D eigenvalue weighted by atomic mass is 19.1. The van der Waals surface area contributed by atoms with E-state index in [2.05, 4.69) is 0 Å². The Morgan fingerprint density at radius 1 is 1.29 bits per heavy atom. The van der Waals surface area contributed by atoms with Crippen molar-refractivity contribution < 1.29 is 24.0 Å². The number of carboxylic acid groups (broad SMARTS) is 1. The number of aryl methyl sites for hydroxylation is 1. The van der Waals surface area contributed by atoms with Crippen molar-refractivity contribution in [1.82, 2.24) is 0 Å². The molecule has 6 nitrogen and oxygen atoms in total. The van der Waals surface area contributed by atoms with Crippen LogP contribution >= 0.6 is 0 Å². The molecule has 0 unspecified atom stereocenters. The van der Waals surface area contributed by atoms with Gasteiger partial charge in [-0.3, -0.25) is 10.1 Å². The normalized spacial score (nSPS) is 11.2. The fraction of sp³-hybridized carbons (Fsp3) is 0.118. The van der Waals surface area contributed by atoms with Gasteiger partial charge >= 0.3 is 11.7 Å². The summed E-state index contributed by atoms with van der Waals surface area (Å²) in [5.74, 6) is -1.73. The van der Waals surface area contributed by atoms with Gasteiger partial charge in [-0.15, -0.1) is 0 Å². The lowest BCUT2D eigenvalue weighted by atomic mass is 10.0. The summed E-state index contributed by atoms with van der Waals surface area (Å²) in [4.78, 5) is 21.9. The number of benzene rings is 2. The van der Waals surface area contributed by atoms with Crippen molar-refractivity contribution in [3.05, 3.63) is 69.0 Å². The third kappa shape index (κ3) is 3.57. The molecule has 0 aliphatic carbocycles. The Morgan fingerprint density at radius 3 is 2.54 bits per heavy atom. The fourth-order valence-electron chi connectivity index (χ4n) is 2.14. The van der Waals surface area contributed by atoms with Gasteiger partial charge in [-0.1, -0.05) is 18.2 Å². The second-order valence-electron chi connectivity index (χ2n) is 5.02. The predicted molar refractivity (Wildman–Crippen MR) is 86.3 cm³/mol. The van der Waals surface area contributed by atoms with Crippen molar-refractivity contribution in [3.63, 3.8) is 0 Å². The van der Waals surface area contributed by atoms with E-state index in [0.717, 1.165) is 6.07 Å². The number of nitro benzene ring substituents is 1. The molecule has 0 spiro atoms. The van der Waals surface area contributed by atoms with E-state index in [1.165, 1.54) is 43.5 Å². The number of hydrogen-bond acceptors (Lipinski definition) is 4. The number of halogens is 1. The standard InChI is InChI=1S/C17H14FNO5/c1-10-3-5-12(9-14(10)18)13(17(20)21)7-11-4-6-16(24-2)15(8-11)19(22)23/h3-9H,1-2H3,(H,20,21)/b13-7-. The zero-order chi connectivity index (χ0) is 17.9. The molecule has 2 aromatic carbocycles. The molecular formula is C17H14FNO5. The van der Waals surface area contributed by atoms with E-state index < -0.39 is 16.7 Å². The van der Waals surface area contributed by atoms with E-state index in [4.69, 9.17) is 4.74 Å². The van der Waals surface area contributed by atoms with Gasteiger partial charge < -0.3 is 9.84 Å². The van der Waals surface area contributed by atoms with Gasteiger partial charge in [0, 0.05) is 6.07 Å². The second-order valence-corrected chi connectivity index (χ2v) is 5.02. The molecule has 7 heteroatoms. The Kier molecular flexibility index (Phi) is 4.93. The lowest BCUT2D eigenvalue weighted by Crippen LogP contribution is -2.01. The molecule has 0 atom stereocenters. The summed E-state index contributed by atoms with van der Waals surface area (Å²) in [6.07, 6.45) is 1.25. The van der Waals surface area contributed by atoms with Gasteiger partial charge in [-0.25, -0.2) is 9.18 Å². The first-order valence-electron chi connectivity index (χ1n) is 6.87. The predicted octanol–water partition coefficient (Wildman–Crippen LogP) is 3.68. The van der Waals surface area contributed by atoms with Gasteiger partial charge in [0.1, 0.15) is 5.82 Å². The summed E-state index contributed by atoms with van der Waals surface area (Å²) in [7, 11) is 1.30. The van der Waals surface area contributed by atoms with Crippen molar-refractivity contribution in [2.75, 3.05) is 7.11 Å². The Hall–Kier alpha value is -3.22. The molecular weight excluding hydrogens is 317 g/mol. The largest absolute Gasteiger partial charge is 0.490 e. The van der Waals surface area contributed by atoms with E-state index >= 15 is 0 Å². The molecule has 2 rings (SSSR count). The van der Waals surface area contributed by atoms with Crippen LogP contribution in [0.2, 0.25) is 0 Å². The minimum absolute atomic E-state index is 0.0652. The maximum Gasteiger partial charge on any atom is 0.336 e. The third-order valence-corrected chi connectivity index (χ3v) is 3.42. The van der Waals surface area contributed by atoms with Crippen LogP contribution in [-0.4, -0.2) is 23.1 Å². The van der Waals surface area contributed by atoms with Crippen LogP contribution in [0.4, 0.5) is 10.1 Å². The van der Waals surface area contributed by atoms with Crippen LogP contribution in [0, 0.1) is 22.9 Å². The Balaban J connectivity index is 2.56. The third-order valence-electron chi connectivity index (χ3n) is 3.42. The lowest BCUT2D eigenvalue weighted by Gasteiger charge is -2.06. The maximum atomic E-state index is 13.7. The molecule has 0 saturated carbocycles. The van der Waals surface area contributed by atoms with Crippen LogP contribution in [0.3, 0.4) is 0 Å². The first-order valence-corrected chi connectivity index (χ1v) is 6.87. The first kappa shape index (κ1) is 17.1. The molecule has 24 heavy (non-hydrogen) atoms. The maximum absolute atomic E-state index is 13.7. The van der Waals surface area contributed by atoms with Gasteiger partial charge in [0.05, 0.1) is 17.6 Å². The Morgan fingerprint density at radius 2 is 2.00 bits per heavy atom. The summed E-state index contributed by atoms with van der Waals surface area (Å²) < 4.78 is 18.6. The van der Waals surface area contributed by atoms with Gasteiger partial charge in [0.25, 0.3) is 0 Å². The van der Waals surface area contributed by atoms with E-state index in [0.29, 0.717) is 11.1 Å². The van der Waals surface area contributed by atoms with Gasteiger partial charge in [-0.2, -0.15) is 0 Å². The molecule has 0 aliphatic heterocycles. The lowest BCUT2D eigenvalue weighted by molar-refractivity contribution is -0.385. The van der Waals surface area contributed by atoms with Crippen LogP contribution in [0.5, 0.6) is 5.75 Å². The summed E-state index contributed by atoms with van der Waals surface area (Å²) in [5, 5.41) is 20.4. The number of aliphatic carboxylic acids is 1. The van der Waals surface area contributed by atoms with Crippen LogP contribution in [0.1, 0.15) is 16.7 Å².